The van der Waals surface area contributed by atoms with E-state index in [4.69, 9.17) is 0 Å². The third kappa shape index (κ3) is 5.48. The van der Waals surface area contributed by atoms with E-state index in [1.54, 1.807) is 12.1 Å². The first-order chi connectivity index (χ1) is 14.9. The Balaban J connectivity index is 1.37. The maximum absolute atomic E-state index is 14.0. The summed E-state index contributed by atoms with van der Waals surface area (Å²) >= 11 is 0. The lowest BCUT2D eigenvalue weighted by Crippen LogP contribution is -2.36. The maximum atomic E-state index is 14.0. The number of nitrogens with one attached hydrogen (secondary N) is 2. The van der Waals surface area contributed by atoms with Gasteiger partial charge in [0.1, 0.15) is 5.82 Å². The molecule has 2 N–H and O–H groups in total. The van der Waals surface area contributed by atoms with Gasteiger partial charge in [0.15, 0.2) is 0 Å². The predicted octanol–water partition coefficient (Wildman–Crippen LogP) is 6.17. The van der Waals surface area contributed by atoms with Gasteiger partial charge in [-0.25, -0.2) is 4.39 Å². The van der Waals surface area contributed by atoms with Gasteiger partial charge in [-0.3, -0.25) is 0 Å². The molecule has 0 unspecified atom stereocenters. The monoisotopic (exact) mass is 423 g/mol. The topological polar surface area (TPSA) is 29.0 Å². The highest BCUT2D eigenvalue weighted by Gasteiger charge is 2.22. The van der Waals surface area contributed by atoms with E-state index in [1.165, 1.54) is 49.6 Å². The first-order valence-electron chi connectivity index (χ1n) is 12.1. The Morgan fingerprint density at radius 3 is 2.45 bits per heavy atom. The van der Waals surface area contributed by atoms with Gasteiger partial charge in [-0.05, 0) is 75.0 Å². The van der Waals surface area contributed by atoms with Crippen molar-refractivity contribution in [1.82, 2.24) is 15.2 Å². The van der Waals surface area contributed by atoms with Gasteiger partial charge in [-0.2, -0.15) is 0 Å². The molecular weight excluding hydrogens is 385 g/mol. The molecule has 1 saturated carbocycles. The highest BCUT2D eigenvalue weighted by molar-refractivity contribution is 6.08. The fourth-order valence-electron chi connectivity index (χ4n) is 5.10. The third-order valence-corrected chi connectivity index (χ3v) is 6.74. The van der Waals surface area contributed by atoms with E-state index in [2.05, 4.69) is 54.2 Å². The molecule has 3 aromatic rings. The molecule has 0 amide bonds. The molecule has 1 aliphatic rings. The number of benzene rings is 2. The normalized spacial score (nSPS) is 15.9. The molecule has 0 saturated heterocycles. The van der Waals surface area contributed by atoms with Crippen molar-refractivity contribution in [3.05, 3.63) is 47.8 Å². The Morgan fingerprint density at radius 1 is 0.968 bits per heavy atom. The standard InChI is InChI=1S/C27H38FN3/c1-20-10-12-25-23(16-20)24-17-21(28)11-13-26(24)31(25)19-27(2,3)18-29-14-7-15-30-22-8-5-4-6-9-22/h10-13,16-17,22,29-30H,4-9,14-15,18-19H2,1-3H3. The van der Waals surface area contributed by atoms with Gasteiger partial charge in [-0.15, -0.1) is 0 Å². The summed E-state index contributed by atoms with van der Waals surface area (Å²) in [7, 11) is 0. The van der Waals surface area contributed by atoms with Crippen molar-refractivity contribution in [3.8, 4) is 0 Å². The summed E-state index contributed by atoms with van der Waals surface area (Å²) in [6.45, 7) is 10.7. The number of nitrogens with zero attached hydrogens (tertiary/aromatic N) is 1. The molecule has 31 heavy (non-hydrogen) atoms. The fourth-order valence-corrected chi connectivity index (χ4v) is 5.10. The highest BCUT2D eigenvalue weighted by Crippen LogP contribution is 2.33. The van der Waals surface area contributed by atoms with Gasteiger partial charge in [0.2, 0.25) is 0 Å². The number of hydrogen-bond acceptors (Lipinski definition) is 2. The van der Waals surface area contributed by atoms with E-state index in [9.17, 15) is 4.39 Å². The molecular formula is C27H38FN3. The largest absolute Gasteiger partial charge is 0.340 e. The quantitative estimate of drug-likeness (QED) is 0.403. The van der Waals surface area contributed by atoms with Crippen LogP contribution in [0.5, 0.6) is 0 Å². The Bertz CT molecular complexity index is 955. The number of hydrogen-bond donors (Lipinski definition) is 2. The minimum absolute atomic E-state index is 0.0922. The summed E-state index contributed by atoms with van der Waals surface area (Å²) in [5, 5.41) is 9.56. The molecule has 3 nitrogen and oxygen atoms in total. The van der Waals surface area contributed by atoms with Crippen LogP contribution in [-0.2, 0) is 6.54 Å². The van der Waals surface area contributed by atoms with E-state index < -0.39 is 0 Å². The highest BCUT2D eigenvalue weighted by atomic mass is 19.1. The summed E-state index contributed by atoms with van der Waals surface area (Å²) in [6, 6.07) is 12.4. The van der Waals surface area contributed by atoms with Crippen molar-refractivity contribution >= 4 is 21.8 Å². The van der Waals surface area contributed by atoms with Gasteiger partial charge < -0.3 is 15.2 Å². The molecule has 1 aliphatic carbocycles. The van der Waals surface area contributed by atoms with E-state index >= 15 is 0 Å². The minimum atomic E-state index is -0.171. The van der Waals surface area contributed by atoms with Crippen LogP contribution in [0.15, 0.2) is 36.4 Å². The molecule has 168 valence electrons. The first kappa shape index (κ1) is 22.3. The Kier molecular flexibility index (Phi) is 6.98. The SMILES string of the molecule is Cc1ccc2c(c1)c1cc(F)ccc1n2CC(C)(C)CNCCCNC1CCCCC1. The molecule has 0 bridgehead atoms. The molecule has 1 fully saturated rings. The van der Waals surface area contributed by atoms with Crippen LogP contribution in [0.1, 0.15) is 57.9 Å². The van der Waals surface area contributed by atoms with Crippen molar-refractivity contribution in [1.29, 1.82) is 0 Å². The fraction of sp³-hybridized carbons (Fsp3) is 0.556. The third-order valence-electron chi connectivity index (χ3n) is 6.74. The molecule has 1 heterocycles. The summed E-state index contributed by atoms with van der Waals surface area (Å²) in [5.41, 5.74) is 3.61. The zero-order chi connectivity index (χ0) is 21.8. The van der Waals surface area contributed by atoms with Crippen LogP contribution in [-0.4, -0.2) is 30.2 Å². The lowest BCUT2D eigenvalue weighted by Gasteiger charge is -2.27. The average molecular weight is 424 g/mol. The van der Waals surface area contributed by atoms with E-state index in [-0.39, 0.29) is 11.2 Å². The average Bonchev–Trinajstić information content (AvgIpc) is 3.03. The van der Waals surface area contributed by atoms with Crippen LogP contribution >= 0.6 is 0 Å². The van der Waals surface area contributed by atoms with Crippen molar-refractivity contribution in [2.24, 2.45) is 5.41 Å². The lowest BCUT2D eigenvalue weighted by atomic mass is 9.93. The van der Waals surface area contributed by atoms with Crippen LogP contribution in [0.3, 0.4) is 0 Å². The van der Waals surface area contributed by atoms with Gasteiger partial charge in [0, 0.05) is 40.9 Å². The zero-order valence-electron chi connectivity index (χ0n) is 19.4. The second kappa shape index (κ2) is 9.70. The van der Waals surface area contributed by atoms with Crippen LogP contribution in [0, 0.1) is 18.2 Å². The van der Waals surface area contributed by atoms with Crippen molar-refractivity contribution < 1.29 is 4.39 Å². The maximum Gasteiger partial charge on any atom is 0.123 e. The van der Waals surface area contributed by atoms with E-state index in [1.807, 2.05) is 6.07 Å². The molecule has 1 aromatic heterocycles. The molecule has 0 aliphatic heterocycles. The number of aryl methyl sites for hydroxylation is 1. The summed E-state index contributed by atoms with van der Waals surface area (Å²) < 4.78 is 16.3. The molecule has 4 heteroatoms. The number of rotatable bonds is 9. The molecule has 2 aromatic carbocycles. The second-order valence-corrected chi connectivity index (χ2v) is 10.3. The molecule has 4 rings (SSSR count). The van der Waals surface area contributed by atoms with Crippen molar-refractivity contribution in [2.75, 3.05) is 19.6 Å². The Labute approximate surface area is 186 Å². The van der Waals surface area contributed by atoms with Crippen LogP contribution < -0.4 is 10.6 Å². The van der Waals surface area contributed by atoms with E-state index in [0.29, 0.717) is 0 Å². The Morgan fingerprint density at radius 2 is 1.68 bits per heavy atom. The lowest BCUT2D eigenvalue weighted by molar-refractivity contribution is 0.295. The van der Waals surface area contributed by atoms with Crippen LogP contribution in [0.4, 0.5) is 4.39 Å². The molecule has 0 spiro atoms. The van der Waals surface area contributed by atoms with Crippen LogP contribution in [0.25, 0.3) is 21.8 Å². The minimum Gasteiger partial charge on any atom is -0.340 e. The van der Waals surface area contributed by atoms with Gasteiger partial charge in [-0.1, -0.05) is 44.7 Å². The molecule has 0 radical (unpaired) electrons. The number of halogens is 1. The Hall–Kier alpha value is -1.91. The smallest absolute Gasteiger partial charge is 0.123 e. The molecule has 0 atom stereocenters. The van der Waals surface area contributed by atoms with E-state index in [0.717, 1.165) is 48.5 Å². The van der Waals surface area contributed by atoms with Gasteiger partial charge in [0.25, 0.3) is 0 Å². The zero-order valence-corrected chi connectivity index (χ0v) is 19.4. The first-order valence-corrected chi connectivity index (χ1v) is 12.1. The predicted molar refractivity (Wildman–Crippen MR) is 130 cm³/mol. The van der Waals surface area contributed by atoms with Crippen LogP contribution in [0.2, 0.25) is 0 Å². The van der Waals surface area contributed by atoms with Crippen molar-refractivity contribution in [2.45, 2.75) is 71.9 Å². The van der Waals surface area contributed by atoms with Crippen molar-refractivity contribution in [3.63, 3.8) is 0 Å². The summed E-state index contributed by atoms with van der Waals surface area (Å²) in [5.74, 6) is -0.171. The van der Waals surface area contributed by atoms with Gasteiger partial charge in [0.05, 0.1) is 0 Å². The van der Waals surface area contributed by atoms with Gasteiger partial charge >= 0.3 is 0 Å². The number of aromatic nitrogens is 1. The second-order valence-electron chi connectivity index (χ2n) is 10.3. The summed E-state index contributed by atoms with van der Waals surface area (Å²) in [6.07, 6.45) is 8.05. The summed E-state index contributed by atoms with van der Waals surface area (Å²) in [4.78, 5) is 0. The number of fused-ring (bicyclic) bond motifs is 3.